The van der Waals surface area contributed by atoms with Crippen molar-refractivity contribution in [2.45, 2.75) is 6.04 Å². The molecule has 0 saturated carbocycles. The highest BCUT2D eigenvalue weighted by atomic mass is 19.1. The number of methoxy groups -OCH3 is 1. The van der Waals surface area contributed by atoms with Crippen LogP contribution in [0, 0.1) is 5.82 Å². The Morgan fingerprint density at radius 1 is 1.41 bits per heavy atom. The van der Waals surface area contributed by atoms with E-state index in [-0.39, 0.29) is 0 Å². The number of nitrogens with one attached hydrogen (secondary N) is 1. The van der Waals surface area contributed by atoms with Crippen LogP contribution in [-0.2, 0) is 14.3 Å². The molecule has 0 heterocycles. The summed E-state index contributed by atoms with van der Waals surface area (Å²) in [6, 6.07) is 4.24. The van der Waals surface area contributed by atoms with Gasteiger partial charge in [-0.15, -0.1) is 0 Å². The van der Waals surface area contributed by atoms with E-state index in [2.05, 4.69) is 16.6 Å². The van der Waals surface area contributed by atoms with Gasteiger partial charge in [-0.2, -0.15) is 0 Å². The third-order valence-corrected chi connectivity index (χ3v) is 2.11. The number of ether oxygens (including phenoxy) is 1. The Kier molecular flexibility index (Phi) is 4.39. The lowest BCUT2D eigenvalue weighted by molar-refractivity contribution is -0.144. The maximum Gasteiger partial charge on any atom is 0.333 e. The summed E-state index contributed by atoms with van der Waals surface area (Å²) in [6.45, 7) is 3.28. The summed E-state index contributed by atoms with van der Waals surface area (Å²) in [7, 11) is 1.21. The first-order valence-electron chi connectivity index (χ1n) is 4.84. The summed E-state index contributed by atoms with van der Waals surface area (Å²) in [5.74, 6) is -1.57. The van der Waals surface area contributed by atoms with Gasteiger partial charge in [0, 0.05) is 0 Å². The van der Waals surface area contributed by atoms with Crippen LogP contribution in [0.5, 0.6) is 0 Å². The molecular weight excluding hydrogens is 225 g/mol. The molecule has 1 unspecified atom stereocenters. The molecule has 5 heteroatoms. The fraction of sp³-hybridized carbons (Fsp3) is 0.167. The molecule has 1 atom stereocenters. The van der Waals surface area contributed by atoms with Crippen LogP contribution in [0.4, 0.5) is 4.39 Å². The molecule has 0 aliphatic carbocycles. The van der Waals surface area contributed by atoms with Gasteiger partial charge < -0.3 is 10.1 Å². The molecule has 1 aromatic rings. The largest absolute Gasteiger partial charge is 0.467 e. The van der Waals surface area contributed by atoms with Gasteiger partial charge in [-0.3, -0.25) is 4.79 Å². The van der Waals surface area contributed by atoms with Crippen molar-refractivity contribution in [2.24, 2.45) is 0 Å². The van der Waals surface area contributed by atoms with Crippen LogP contribution >= 0.6 is 0 Å². The molecule has 0 bridgehead atoms. The van der Waals surface area contributed by atoms with E-state index in [4.69, 9.17) is 0 Å². The van der Waals surface area contributed by atoms with Crippen molar-refractivity contribution < 1.29 is 18.7 Å². The summed E-state index contributed by atoms with van der Waals surface area (Å²) in [4.78, 5) is 22.7. The maximum atomic E-state index is 12.7. The molecule has 0 fully saturated rings. The number of halogens is 1. The first kappa shape index (κ1) is 12.9. The van der Waals surface area contributed by atoms with Crippen LogP contribution in [-0.4, -0.2) is 19.0 Å². The van der Waals surface area contributed by atoms with Gasteiger partial charge in [0.05, 0.1) is 7.11 Å². The van der Waals surface area contributed by atoms with E-state index in [1.807, 2.05) is 0 Å². The van der Waals surface area contributed by atoms with Gasteiger partial charge in [-0.05, 0) is 23.8 Å². The van der Waals surface area contributed by atoms with Crippen molar-refractivity contribution >= 4 is 11.9 Å². The molecule has 0 aromatic heterocycles. The van der Waals surface area contributed by atoms with Crippen molar-refractivity contribution in [1.82, 2.24) is 5.32 Å². The van der Waals surface area contributed by atoms with E-state index in [9.17, 15) is 14.0 Å². The van der Waals surface area contributed by atoms with Crippen LogP contribution in [0.15, 0.2) is 36.9 Å². The van der Waals surface area contributed by atoms with E-state index >= 15 is 0 Å². The molecule has 90 valence electrons. The number of hydrogen-bond acceptors (Lipinski definition) is 3. The van der Waals surface area contributed by atoms with Gasteiger partial charge in [0.15, 0.2) is 6.04 Å². The van der Waals surface area contributed by atoms with Crippen molar-refractivity contribution in [3.05, 3.63) is 48.3 Å². The van der Waals surface area contributed by atoms with Gasteiger partial charge in [-0.1, -0.05) is 18.7 Å². The normalized spacial score (nSPS) is 11.4. The molecule has 1 amide bonds. The SMILES string of the molecule is C=CC(=O)NC(C(=O)OC)c1ccc(F)cc1. The molecule has 1 N–H and O–H groups in total. The second-order valence-electron chi connectivity index (χ2n) is 3.22. The van der Waals surface area contributed by atoms with E-state index in [1.165, 1.54) is 31.4 Å². The zero-order chi connectivity index (χ0) is 12.8. The van der Waals surface area contributed by atoms with Crippen molar-refractivity contribution in [3.63, 3.8) is 0 Å². The van der Waals surface area contributed by atoms with Gasteiger partial charge in [0.2, 0.25) is 5.91 Å². The zero-order valence-corrected chi connectivity index (χ0v) is 9.27. The minimum atomic E-state index is -0.967. The molecule has 17 heavy (non-hydrogen) atoms. The predicted octanol–water partition coefficient (Wildman–Crippen LogP) is 1.34. The second-order valence-corrected chi connectivity index (χ2v) is 3.22. The maximum absolute atomic E-state index is 12.7. The number of esters is 1. The Labute approximate surface area is 98.1 Å². The van der Waals surface area contributed by atoms with E-state index in [0.717, 1.165) is 6.08 Å². The van der Waals surface area contributed by atoms with E-state index in [1.54, 1.807) is 0 Å². The molecule has 1 aromatic carbocycles. The highest BCUT2D eigenvalue weighted by Crippen LogP contribution is 2.15. The summed E-state index contributed by atoms with van der Waals surface area (Å²) in [6.07, 6.45) is 1.04. The van der Waals surface area contributed by atoms with E-state index < -0.39 is 23.7 Å². The fourth-order valence-corrected chi connectivity index (χ4v) is 1.25. The molecule has 0 aliphatic heterocycles. The van der Waals surface area contributed by atoms with Crippen molar-refractivity contribution in [1.29, 1.82) is 0 Å². The molecule has 0 radical (unpaired) electrons. The van der Waals surface area contributed by atoms with Gasteiger partial charge in [0.25, 0.3) is 0 Å². The lowest BCUT2D eigenvalue weighted by Crippen LogP contribution is -2.33. The highest BCUT2D eigenvalue weighted by molar-refractivity contribution is 5.91. The molecule has 0 spiro atoms. The van der Waals surface area contributed by atoms with Gasteiger partial charge >= 0.3 is 5.97 Å². The van der Waals surface area contributed by atoms with Gasteiger partial charge in [0.1, 0.15) is 5.82 Å². The van der Waals surface area contributed by atoms with Crippen LogP contribution in [0.2, 0.25) is 0 Å². The number of amides is 1. The van der Waals surface area contributed by atoms with Gasteiger partial charge in [-0.25, -0.2) is 9.18 Å². The number of hydrogen-bond donors (Lipinski definition) is 1. The van der Waals surface area contributed by atoms with Crippen LogP contribution < -0.4 is 5.32 Å². The van der Waals surface area contributed by atoms with Crippen LogP contribution in [0.25, 0.3) is 0 Å². The highest BCUT2D eigenvalue weighted by Gasteiger charge is 2.22. The zero-order valence-electron chi connectivity index (χ0n) is 9.27. The summed E-state index contributed by atoms with van der Waals surface area (Å²) in [5.41, 5.74) is 0.438. The quantitative estimate of drug-likeness (QED) is 0.635. The summed E-state index contributed by atoms with van der Waals surface area (Å²) >= 11 is 0. The van der Waals surface area contributed by atoms with Crippen molar-refractivity contribution in [2.75, 3.05) is 7.11 Å². The minimum absolute atomic E-state index is 0.424. The summed E-state index contributed by atoms with van der Waals surface area (Å²) in [5, 5.41) is 2.40. The lowest BCUT2D eigenvalue weighted by Gasteiger charge is -2.15. The summed E-state index contributed by atoms with van der Waals surface area (Å²) < 4.78 is 17.3. The Morgan fingerprint density at radius 2 is 2.00 bits per heavy atom. The van der Waals surface area contributed by atoms with Crippen LogP contribution in [0.1, 0.15) is 11.6 Å². The van der Waals surface area contributed by atoms with Crippen molar-refractivity contribution in [3.8, 4) is 0 Å². The Morgan fingerprint density at radius 3 is 2.47 bits per heavy atom. The lowest BCUT2D eigenvalue weighted by atomic mass is 10.1. The number of rotatable bonds is 4. The first-order valence-corrected chi connectivity index (χ1v) is 4.84. The topological polar surface area (TPSA) is 55.4 Å². The first-order chi connectivity index (χ1) is 8.08. The Bertz CT molecular complexity index is 428. The number of carbonyl (C=O) groups is 2. The molecule has 0 saturated heterocycles. The second kappa shape index (κ2) is 5.79. The monoisotopic (exact) mass is 237 g/mol. The standard InChI is InChI=1S/C12H12FNO3/c1-3-10(15)14-11(12(16)17-2)8-4-6-9(13)7-5-8/h3-7,11H,1H2,2H3,(H,14,15). The fourth-order valence-electron chi connectivity index (χ4n) is 1.25. The molecule has 4 nitrogen and oxygen atoms in total. The smallest absolute Gasteiger partial charge is 0.333 e. The third kappa shape index (κ3) is 3.41. The predicted molar refractivity (Wildman–Crippen MR) is 59.5 cm³/mol. The number of benzene rings is 1. The number of carbonyl (C=O) groups excluding carboxylic acids is 2. The minimum Gasteiger partial charge on any atom is -0.467 e. The average Bonchev–Trinajstić information content (AvgIpc) is 2.36. The Hall–Kier alpha value is -2.17. The van der Waals surface area contributed by atoms with Crippen LogP contribution in [0.3, 0.4) is 0 Å². The van der Waals surface area contributed by atoms with E-state index in [0.29, 0.717) is 5.56 Å². The third-order valence-electron chi connectivity index (χ3n) is 2.11. The average molecular weight is 237 g/mol. The molecular formula is C12H12FNO3. The molecule has 1 rings (SSSR count). The Balaban J connectivity index is 2.97. The molecule has 0 aliphatic rings.